The molecule has 1 N–H and O–H groups in total. The monoisotopic (exact) mass is 304 g/mol. The molecule has 19 heavy (non-hydrogen) atoms. The summed E-state index contributed by atoms with van der Waals surface area (Å²) in [6.45, 7) is 4.18. The van der Waals surface area contributed by atoms with Gasteiger partial charge in [0, 0.05) is 17.5 Å². The van der Waals surface area contributed by atoms with Crippen LogP contribution in [-0.2, 0) is 9.84 Å². The van der Waals surface area contributed by atoms with Gasteiger partial charge in [0.05, 0.1) is 11.8 Å². The molecule has 0 radical (unpaired) electrons. The van der Waals surface area contributed by atoms with Gasteiger partial charge in [-0.2, -0.15) is 0 Å². The fourth-order valence-electron chi connectivity index (χ4n) is 3.16. The number of sulfone groups is 1. The summed E-state index contributed by atoms with van der Waals surface area (Å²) in [5.41, 5.74) is 0.214. The van der Waals surface area contributed by atoms with Crippen molar-refractivity contribution in [2.45, 2.75) is 51.1 Å². The molecule has 4 nitrogen and oxygen atoms in total. The first kappa shape index (κ1) is 15.2. The van der Waals surface area contributed by atoms with Crippen LogP contribution < -0.4 is 5.32 Å². The lowest BCUT2D eigenvalue weighted by Crippen LogP contribution is -2.47. The molecule has 0 amide bonds. The summed E-state index contributed by atoms with van der Waals surface area (Å²) in [4.78, 5) is 4.53. The van der Waals surface area contributed by atoms with Gasteiger partial charge in [-0.25, -0.2) is 8.42 Å². The second-order valence-electron chi connectivity index (χ2n) is 6.27. The van der Waals surface area contributed by atoms with Gasteiger partial charge in [-0.3, -0.25) is 4.99 Å². The molecule has 3 unspecified atom stereocenters. The maximum atomic E-state index is 11.3. The molecule has 6 heteroatoms. The summed E-state index contributed by atoms with van der Waals surface area (Å²) in [6.07, 6.45) is 6.29. The Hall–Kier alpha value is -0.230. The van der Waals surface area contributed by atoms with E-state index < -0.39 is 9.84 Å². The number of nitrogens with one attached hydrogen (secondary N) is 1. The van der Waals surface area contributed by atoms with Crippen molar-refractivity contribution in [2.24, 2.45) is 10.9 Å². The Morgan fingerprint density at radius 2 is 2.32 bits per heavy atom. The zero-order valence-electron chi connectivity index (χ0n) is 12.0. The van der Waals surface area contributed by atoms with Gasteiger partial charge >= 0.3 is 0 Å². The van der Waals surface area contributed by atoms with Crippen molar-refractivity contribution in [3.8, 4) is 0 Å². The first-order chi connectivity index (χ1) is 8.78. The van der Waals surface area contributed by atoms with Gasteiger partial charge in [-0.1, -0.05) is 31.5 Å². The average Bonchev–Trinajstić information content (AvgIpc) is 2.57. The molecule has 1 saturated heterocycles. The van der Waals surface area contributed by atoms with Crippen LogP contribution in [-0.4, -0.2) is 42.9 Å². The highest BCUT2D eigenvalue weighted by Gasteiger charge is 2.40. The molecular formula is C13H24N2O2S2. The largest absolute Gasteiger partial charge is 0.359 e. The van der Waals surface area contributed by atoms with E-state index >= 15 is 0 Å². The second-order valence-corrected chi connectivity index (χ2v) is 9.42. The van der Waals surface area contributed by atoms with Crippen LogP contribution >= 0.6 is 11.8 Å². The van der Waals surface area contributed by atoms with Crippen molar-refractivity contribution in [3.63, 3.8) is 0 Å². The quantitative estimate of drug-likeness (QED) is 0.867. The lowest BCUT2D eigenvalue weighted by Gasteiger charge is -2.36. The predicted molar refractivity (Wildman–Crippen MR) is 82.6 cm³/mol. The van der Waals surface area contributed by atoms with Crippen molar-refractivity contribution in [1.29, 1.82) is 0 Å². The average molecular weight is 304 g/mol. The molecule has 1 heterocycles. The smallest absolute Gasteiger partial charge is 0.157 e. The SMILES string of the molecule is CC1CCCC2(CSC(=NC(C)CS(C)(=O)=O)N2)C1. The molecular weight excluding hydrogens is 280 g/mol. The van der Waals surface area contributed by atoms with E-state index in [-0.39, 0.29) is 17.3 Å². The molecule has 0 aromatic rings. The topological polar surface area (TPSA) is 58.5 Å². The van der Waals surface area contributed by atoms with Crippen LogP contribution in [0.1, 0.15) is 39.5 Å². The molecule has 2 aliphatic rings. The van der Waals surface area contributed by atoms with Gasteiger partial charge in [0.15, 0.2) is 5.17 Å². The molecule has 1 aliphatic heterocycles. The number of nitrogens with zero attached hydrogens (tertiary/aromatic N) is 1. The zero-order valence-corrected chi connectivity index (χ0v) is 13.6. The molecule has 1 spiro atoms. The Morgan fingerprint density at radius 3 is 2.95 bits per heavy atom. The normalized spacial score (nSPS) is 35.5. The Bertz CT molecular complexity index is 461. The van der Waals surface area contributed by atoms with Gasteiger partial charge < -0.3 is 5.32 Å². The van der Waals surface area contributed by atoms with E-state index in [4.69, 9.17) is 0 Å². The number of hydrogen-bond donors (Lipinski definition) is 1. The van der Waals surface area contributed by atoms with Crippen LogP contribution in [0.2, 0.25) is 0 Å². The van der Waals surface area contributed by atoms with Crippen LogP contribution in [0.4, 0.5) is 0 Å². The third-order valence-corrected chi connectivity index (χ3v) is 6.10. The van der Waals surface area contributed by atoms with E-state index in [0.29, 0.717) is 0 Å². The zero-order chi connectivity index (χ0) is 14.1. The first-order valence-corrected chi connectivity index (χ1v) is 9.99. The van der Waals surface area contributed by atoms with Gasteiger partial charge in [0.2, 0.25) is 0 Å². The minimum absolute atomic E-state index is 0.127. The highest BCUT2D eigenvalue weighted by atomic mass is 32.2. The number of rotatable bonds is 3. The fraction of sp³-hybridized carbons (Fsp3) is 0.923. The molecule has 2 fully saturated rings. The third kappa shape index (κ3) is 4.38. The van der Waals surface area contributed by atoms with E-state index in [1.165, 1.54) is 31.9 Å². The van der Waals surface area contributed by atoms with E-state index in [9.17, 15) is 8.42 Å². The van der Waals surface area contributed by atoms with E-state index in [0.717, 1.165) is 16.8 Å². The van der Waals surface area contributed by atoms with E-state index in [1.807, 2.05) is 6.92 Å². The van der Waals surface area contributed by atoms with Crippen molar-refractivity contribution < 1.29 is 8.42 Å². The van der Waals surface area contributed by atoms with Crippen molar-refractivity contribution in [2.75, 3.05) is 17.8 Å². The lowest BCUT2D eigenvalue weighted by atomic mass is 9.78. The fourth-order valence-corrected chi connectivity index (χ4v) is 5.40. The van der Waals surface area contributed by atoms with Gasteiger partial charge in [0.25, 0.3) is 0 Å². The molecule has 0 bridgehead atoms. The molecule has 0 aromatic carbocycles. The van der Waals surface area contributed by atoms with Crippen molar-refractivity contribution >= 4 is 26.8 Å². The second kappa shape index (κ2) is 5.64. The molecule has 110 valence electrons. The maximum Gasteiger partial charge on any atom is 0.157 e. The molecule has 1 aliphatic carbocycles. The summed E-state index contributed by atoms with van der Waals surface area (Å²) in [5, 5.41) is 4.51. The minimum atomic E-state index is -2.95. The van der Waals surface area contributed by atoms with Crippen molar-refractivity contribution in [3.05, 3.63) is 0 Å². The summed E-state index contributed by atoms with van der Waals surface area (Å²) in [6, 6.07) is -0.166. The van der Waals surface area contributed by atoms with Gasteiger partial charge in [-0.05, 0) is 25.7 Å². The summed E-state index contributed by atoms with van der Waals surface area (Å²) >= 11 is 1.75. The number of hydrogen-bond acceptors (Lipinski definition) is 4. The Balaban J connectivity index is 1.97. The third-order valence-electron chi connectivity index (χ3n) is 3.83. The van der Waals surface area contributed by atoms with E-state index in [2.05, 4.69) is 17.2 Å². The Kier molecular flexibility index (Phi) is 4.50. The van der Waals surface area contributed by atoms with Crippen LogP contribution in [0.5, 0.6) is 0 Å². The minimum Gasteiger partial charge on any atom is -0.359 e. The van der Waals surface area contributed by atoms with Crippen molar-refractivity contribution in [1.82, 2.24) is 5.32 Å². The standard InChI is InChI=1S/C13H24N2O2S2/c1-10-5-4-6-13(7-10)9-18-12(15-13)14-11(2)8-19(3,16)17/h10-11H,4-9H2,1-3H3,(H,14,15). The van der Waals surface area contributed by atoms with E-state index in [1.54, 1.807) is 11.8 Å². The summed E-state index contributed by atoms with van der Waals surface area (Å²) < 4.78 is 22.5. The summed E-state index contributed by atoms with van der Waals surface area (Å²) in [7, 11) is -2.95. The number of aliphatic imine (C=N–C) groups is 1. The Morgan fingerprint density at radius 1 is 1.58 bits per heavy atom. The maximum absolute atomic E-state index is 11.3. The highest BCUT2D eigenvalue weighted by molar-refractivity contribution is 8.14. The summed E-state index contributed by atoms with van der Waals surface area (Å²) in [5.74, 6) is 1.97. The lowest BCUT2D eigenvalue weighted by molar-refractivity contribution is 0.242. The van der Waals surface area contributed by atoms with Crippen LogP contribution in [0.25, 0.3) is 0 Å². The van der Waals surface area contributed by atoms with Gasteiger partial charge in [-0.15, -0.1) is 0 Å². The highest BCUT2D eigenvalue weighted by Crippen LogP contribution is 2.38. The predicted octanol–water partition coefficient (Wildman–Crippen LogP) is 2.06. The Labute approximate surface area is 120 Å². The van der Waals surface area contributed by atoms with Crippen LogP contribution in [0.15, 0.2) is 4.99 Å². The molecule has 1 saturated carbocycles. The molecule has 3 atom stereocenters. The number of thioether (sulfide) groups is 1. The molecule has 2 rings (SSSR count). The number of amidine groups is 1. The molecule has 0 aromatic heterocycles. The van der Waals surface area contributed by atoms with Crippen LogP contribution in [0, 0.1) is 5.92 Å². The van der Waals surface area contributed by atoms with Gasteiger partial charge in [0.1, 0.15) is 9.84 Å². The first-order valence-electron chi connectivity index (χ1n) is 6.94. The van der Waals surface area contributed by atoms with Crippen LogP contribution in [0.3, 0.4) is 0 Å².